The van der Waals surface area contributed by atoms with Crippen molar-refractivity contribution in [3.05, 3.63) is 17.0 Å². The highest BCUT2D eigenvalue weighted by Crippen LogP contribution is 2.37. The van der Waals surface area contributed by atoms with Gasteiger partial charge in [-0.15, -0.1) is 0 Å². The summed E-state index contributed by atoms with van der Waals surface area (Å²) in [5.41, 5.74) is 0.193. The molecule has 1 amide bonds. The molecule has 1 aromatic rings. The van der Waals surface area contributed by atoms with E-state index >= 15 is 0 Å². The van der Waals surface area contributed by atoms with Gasteiger partial charge in [-0.1, -0.05) is 39.0 Å². The molecule has 0 aromatic carbocycles. The van der Waals surface area contributed by atoms with E-state index in [4.69, 9.17) is 0 Å². The van der Waals surface area contributed by atoms with Crippen LogP contribution in [0.4, 0.5) is 13.2 Å². The molecule has 1 aliphatic heterocycles. The maximum atomic E-state index is 13.6. The van der Waals surface area contributed by atoms with Gasteiger partial charge in [-0.05, 0) is 49.9 Å². The van der Waals surface area contributed by atoms with Crippen LogP contribution >= 0.6 is 0 Å². The van der Waals surface area contributed by atoms with Crippen molar-refractivity contribution in [3.8, 4) is 0 Å². The van der Waals surface area contributed by atoms with Crippen molar-refractivity contribution in [2.75, 3.05) is 6.54 Å². The monoisotopic (exact) mass is 425 g/mol. The second-order valence-corrected chi connectivity index (χ2v) is 9.85. The summed E-state index contributed by atoms with van der Waals surface area (Å²) >= 11 is 0. The number of carbonyl (C=O) groups excluding carboxylic acids is 1. The fraction of sp³-hybridized carbons (Fsp3) is 0.826. The quantitative estimate of drug-likeness (QED) is 0.631. The topological polar surface area (TPSA) is 38.1 Å². The molecule has 4 nitrogen and oxygen atoms in total. The van der Waals surface area contributed by atoms with Gasteiger partial charge in [0.05, 0.1) is 12.2 Å². The molecule has 0 spiro atoms. The molecule has 168 valence electrons. The average Bonchev–Trinajstić information content (AvgIpc) is 3.08. The van der Waals surface area contributed by atoms with Crippen LogP contribution < -0.4 is 0 Å². The first kappa shape index (κ1) is 21.7. The minimum atomic E-state index is -4.44. The SMILES string of the molecule is CC1CCC(Cn2nc(C(F)(F)F)c3c2CN(C(=O)CC2CCCCC2)CC3)CC1. The molecule has 0 N–H and O–H groups in total. The van der Waals surface area contributed by atoms with E-state index < -0.39 is 11.9 Å². The molecule has 2 aliphatic carbocycles. The average molecular weight is 426 g/mol. The maximum Gasteiger partial charge on any atom is 0.435 e. The van der Waals surface area contributed by atoms with Crippen LogP contribution in [-0.2, 0) is 30.5 Å². The molecule has 0 unspecified atom stereocenters. The molecule has 0 bridgehead atoms. The smallest absolute Gasteiger partial charge is 0.336 e. The second-order valence-electron chi connectivity index (χ2n) is 9.85. The number of fused-ring (bicyclic) bond motifs is 1. The van der Waals surface area contributed by atoms with Crippen LogP contribution in [0, 0.1) is 17.8 Å². The lowest BCUT2D eigenvalue weighted by Crippen LogP contribution is -2.38. The summed E-state index contributed by atoms with van der Waals surface area (Å²) in [5.74, 6) is 1.61. The van der Waals surface area contributed by atoms with E-state index in [-0.39, 0.29) is 18.9 Å². The minimum Gasteiger partial charge on any atom is -0.336 e. The Bertz CT molecular complexity index is 744. The van der Waals surface area contributed by atoms with Crippen LogP contribution in [-0.4, -0.2) is 27.1 Å². The van der Waals surface area contributed by atoms with Gasteiger partial charge in [-0.25, -0.2) is 0 Å². The fourth-order valence-electron chi connectivity index (χ4n) is 5.60. The van der Waals surface area contributed by atoms with E-state index in [1.165, 1.54) is 19.3 Å². The standard InChI is InChI=1S/C23H34F3N3O/c1-16-7-9-18(10-8-16)14-29-20-15-28(21(30)13-17-5-3-2-4-6-17)12-11-19(20)22(27-29)23(24,25)26/h16-18H,2-15H2,1H3. The van der Waals surface area contributed by atoms with Crippen LogP contribution in [0.3, 0.4) is 0 Å². The van der Waals surface area contributed by atoms with Gasteiger partial charge in [0.2, 0.25) is 5.91 Å². The molecule has 0 radical (unpaired) electrons. The molecular formula is C23H34F3N3O. The van der Waals surface area contributed by atoms with Gasteiger partial charge in [0.1, 0.15) is 0 Å². The molecule has 0 saturated heterocycles. The summed E-state index contributed by atoms with van der Waals surface area (Å²) in [5, 5.41) is 4.04. The molecule has 7 heteroatoms. The largest absolute Gasteiger partial charge is 0.435 e. The molecule has 0 atom stereocenters. The van der Waals surface area contributed by atoms with E-state index in [0.717, 1.165) is 38.5 Å². The summed E-state index contributed by atoms with van der Waals surface area (Å²) in [7, 11) is 0. The normalized spacial score (nSPS) is 25.9. The number of rotatable bonds is 4. The minimum absolute atomic E-state index is 0.0975. The number of aromatic nitrogens is 2. The van der Waals surface area contributed by atoms with Crippen molar-refractivity contribution in [1.82, 2.24) is 14.7 Å². The Morgan fingerprint density at radius 1 is 1.03 bits per heavy atom. The van der Waals surface area contributed by atoms with Crippen molar-refractivity contribution in [2.24, 2.45) is 17.8 Å². The van der Waals surface area contributed by atoms with Crippen LogP contribution in [0.5, 0.6) is 0 Å². The first-order valence-electron chi connectivity index (χ1n) is 11.7. The van der Waals surface area contributed by atoms with Gasteiger partial charge in [0, 0.05) is 25.1 Å². The Morgan fingerprint density at radius 3 is 2.40 bits per heavy atom. The molecule has 2 heterocycles. The van der Waals surface area contributed by atoms with E-state index in [0.29, 0.717) is 48.5 Å². The third-order valence-corrected chi connectivity index (χ3v) is 7.51. The molecule has 3 aliphatic rings. The zero-order chi connectivity index (χ0) is 21.3. The Morgan fingerprint density at radius 2 is 1.73 bits per heavy atom. The third-order valence-electron chi connectivity index (χ3n) is 7.51. The Labute approximate surface area is 177 Å². The van der Waals surface area contributed by atoms with Crippen LogP contribution in [0.2, 0.25) is 0 Å². The predicted molar refractivity (Wildman–Crippen MR) is 109 cm³/mol. The maximum absolute atomic E-state index is 13.6. The van der Waals surface area contributed by atoms with E-state index in [9.17, 15) is 18.0 Å². The number of alkyl halides is 3. The summed E-state index contributed by atoms with van der Waals surface area (Å²) in [6.07, 6.45) is 6.51. The lowest BCUT2D eigenvalue weighted by atomic mass is 9.83. The van der Waals surface area contributed by atoms with Gasteiger partial charge in [-0.3, -0.25) is 9.48 Å². The molecule has 30 heavy (non-hydrogen) atoms. The Hall–Kier alpha value is -1.53. The number of amides is 1. The van der Waals surface area contributed by atoms with Gasteiger partial charge in [0.25, 0.3) is 0 Å². The summed E-state index contributed by atoms with van der Waals surface area (Å²) < 4.78 is 42.5. The van der Waals surface area contributed by atoms with E-state index in [1.807, 2.05) is 0 Å². The van der Waals surface area contributed by atoms with Crippen LogP contribution in [0.1, 0.15) is 88.1 Å². The first-order chi connectivity index (χ1) is 14.3. The molecule has 2 saturated carbocycles. The van der Waals surface area contributed by atoms with Gasteiger partial charge in [0.15, 0.2) is 5.69 Å². The van der Waals surface area contributed by atoms with E-state index in [1.54, 1.807) is 9.58 Å². The van der Waals surface area contributed by atoms with E-state index in [2.05, 4.69) is 12.0 Å². The first-order valence-corrected chi connectivity index (χ1v) is 11.7. The van der Waals surface area contributed by atoms with Crippen molar-refractivity contribution >= 4 is 5.91 Å². The lowest BCUT2D eigenvalue weighted by molar-refractivity contribution is -0.142. The number of carbonyl (C=O) groups is 1. The molecular weight excluding hydrogens is 391 g/mol. The molecule has 2 fully saturated rings. The fourth-order valence-corrected chi connectivity index (χ4v) is 5.60. The molecule has 4 rings (SSSR count). The lowest BCUT2D eigenvalue weighted by Gasteiger charge is -2.31. The predicted octanol–water partition coefficient (Wildman–Crippen LogP) is 5.58. The third kappa shape index (κ3) is 4.86. The van der Waals surface area contributed by atoms with Crippen molar-refractivity contribution in [3.63, 3.8) is 0 Å². The summed E-state index contributed by atoms with van der Waals surface area (Å²) in [6, 6.07) is 0. The Balaban J connectivity index is 1.50. The van der Waals surface area contributed by atoms with Gasteiger partial charge in [-0.2, -0.15) is 18.3 Å². The highest BCUT2D eigenvalue weighted by molar-refractivity contribution is 5.76. The summed E-state index contributed by atoms with van der Waals surface area (Å²) in [6.45, 7) is 3.42. The molecule has 1 aromatic heterocycles. The van der Waals surface area contributed by atoms with Crippen molar-refractivity contribution < 1.29 is 18.0 Å². The second kappa shape index (κ2) is 8.91. The van der Waals surface area contributed by atoms with Crippen molar-refractivity contribution in [1.29, 1.82) is 0 Å². The van der Waals surface area contributed by atoms with Crippen LogP contribution in [0.15, 0.2) is 0 Å². The highest BCUT2D eigenvalue weighted by Gasteiger charge is 2.41. The number of halogens is 3. The van der Waals surface area contributed by atoms with Gasteiger partial charge < -0.3 is 4.90 Å². The Kier molecular flexibility index (Phi) is 6.44. The van der Waals surface area contributed by atoms with Crippen LogP contribution in [0.25, 0.3) is 0 Å². The highest BCUT2D eigenvalue weighted by atomic mass is 19.4. The number of hydrogen-bond acceptors (Lipinski definition) is 2. The van der Waals surface area contributed by atoms with Gasteiger partial charge >= 0.3 is 6.18 Å². The summed E-state index contributed by atoms with van der Waals surface area (Å²) in [4.78, 5) is 14.7. The zero-order valence-electron chi connectivity index (χ0n) is 18.0. The zero-order valence-corrected chi connectivity index (χ0v) is 18.0. The van der Waals surface area contributed by atoms with Crippen molar-refractivity contribution in [2.45, 2.75) is 96.8 Å². The number of hydrogen-bond donors (Lipinski definition) is 0. The number of nitrogens with zero attached hydrogens (tertiary/aromatic N) is 3.